The average Bonchev–Trinajstić information content (AvgIpc) is 2.92. The summed E-state index contributed by atoms with van der Waals surface area (Å²) < 4.78 is 10.7. The van der Waals surface area contributed by atoms with E-state index in [-0.39, 0.29) is 30.0 Å². The van der Waals surface area contributed by atoms with Crippen LogP contribution < -0.4 is 25.4 Å². The van der Waals surface area contributed by atoms with Crippen molar-refractivity contribution in [3.8, 4) is 11.5 Å². The third kappa shape index (κ3) is 15.9. The van der Waals surface area contributed by atoms with Crippen molar-refractivity contribution in [2.45, 2.75) is 136 Å². The van der Waals surface area contributed by atoms with Gasteiger partial charge >= 0.3 is 0 Å². The third-order valence-electron chi connectivity index (χ3n) is 7.02. The Bertz CT molecular complexity index is 842. The highest BCUT2D eigenvalue weighted by Gasteiger charge is 2.12. The molecule has 0 bridgehead atoms. The number of carboxylic acids is 2. The van der Waals surface area contributed by atoms with E-state index in [2.05, 4.69) is 20.8 Å². The number of ether oxygens (including phenoxy) is 2. The van der Waals surface area contributed by atoms with Crippen molar-refractivity contribution in [3.05, 3.63) is 34.4 Å². The van der Waals surface area contributed by atoms with Gasteiger partial charge in [-0.3, -0.25) is 0 Å². The van der Waals surface area contributed by atoms with E-state index in [1.54, 1.807) is 14.2 Å². The smallest absolute Gasteiger partial charge is 0.122 e. The van der Waals surface area contributed by atoms with Crippen LogP contribution in [0.1, 0.15) is 129 Å². The Balaban J connectivity index is 0.000000821. The van der Waals surface area contributed by atoms with Crippen molar-refractivity contribution < 1.29 is 29.3 Å². The van der Waals surface area contributed by atoms with Crippen LogP contribution in [0.5, 0.6) is 11.5 Å². The quantitative estimate of drug-likeness (QED) is 0.156. The number of nitrogens with two attached hydrogens (primary N) is 1. The minimum absolute atomic E-state index is 0.0564. The van der Waals surface area contributed by atoms with Crippen molar-refractivity contribution in [3.63, 3.8) is 0 Å². The van der Waals surface area contributed by atoms with Gasteiger partial charge in [-0.1, -0.05) is 85.0 Å². The first-order valence-corrected chi connectivity index (χ1v) is 15.3. The summed E-state index contributed by atoms with van der Waals surface area (Å²) in [4.78, 5) is 22.7. The Morgan fingerprint density at radius 3 is 1.43 bits per heavy atom. The van der Waals surface area contributed by atoms with E-state index >= 15 is 0 Å². The lowest BCUT2D eigenvalue weighted by Crippen LogP contribution is -2.32. The average molecular weight is 562 g/mol. The summed E-state index contributed by atoms with van der Waals surface area (Å²) in [6.07, 6.45) is 14.6. The lowest BCUT2D eigenvalue weighted by Gasteiger charge is -2.17. The molecule has 2 N–H and O–H groups in total. The van der Waals surface area contributed by atoms with E-state index in [9.17, 15) is 19.8 Å². The van der Waals surface area contributed by atoms with E-state index in [4.69, 9.17) is 15.2 Å². The second kappa shape index (κ2) is 23.2. The number of carbonyl (C=O) groups is 2. The van der Waals surface area contributed by atoms with Crippen LogP contribution in [-0.4, -0.2) is 32.2 Å². The van der Waals surface area contributed by atoms with Crippen molar-refractivity contribution in [2.24, 2.45) is 5.73 Å². The lowest BCUT2D eigenvalue weighted by atomic mass is 9.96. The van der Waals surface area contributed by atoms with Crippen molar-refractivity contribution in [1.29, 1.82) is 0 Å². The highest BCUT2D eigenvalue weighted by molar-refractivity contribution is 5.97. The zero-order chi connectivity index (χ0) is 30.3. The fraction of sp³-hybridized carbons (Fsp3) is 0.697. The first-order valence-electron chi connectivity index (χ1n) is 15.3. The molecule has 0 aliphatic carbocycles. The summed E-state index contributed by atoms with van der Waals surface area (Å²) in [7, 11) is 3.38. The summed E-state index contributed by atoms with van der Waals surface area (Å²) in [5.41, 5.74) is 7.96. The molecular weight excluding hydrogens is 506 g/mol. The molecule has 0 aliphatic rings. The fourth-order valence-electron chi connectivity index (χ4n) is 4.72. The Morgan fingerprint density at radius 2 is 1.07 bits per heavy atom. The highest BCUT2D eigenvalue weighted by atomic mass is 16.5. The number of aryl methyl sites for hydroxylation is 1. The molecule has 0 saturated carbocycles. The Labute approximate surface area is 243 Å². The van der Waals surface area contributed by atoms with Crippen LogP contribution in [0.25, 0.3) is 0 Å². The number of carbonyl (C=O) groups excluding carboxylic acids is 2. The maximum absolute atomic E-state index is 11.3. The molecule has 0 heterocycles. The van der Waals surface area contributed by atoms with Gasteiger partial charge in [0.25, 0.3) is 0 Å². The maximum Gasteiger partial charge on any atom is 0.122 e. The van der Waals surface area contributed by atoms with Gasteiger partial charge in [-0.15, -0.1) is 0 Å². The molecule has 0 amide bonds. The zero-order valence-corrected chi connectivity index (χ0v) is 26.1. The van der Waals surface area contributed by atoms with Gasteiger partial charge in [0.2, 0.25) is 0 Å². The molecular formula is C33H55NO6-2. The number of unbranched alkanes of at least 4 members (excludes halogenated alkanes) is 10. The monoisotopic (exact) mass is 561 g/mol. The summed E-state index contributed by atoms with van der Waals surface area (Å²) >= 11 is 0. The van der Waals surface area contributed by atoms with Gasteiger partial charge in [0.05, 0.1) is 26.2 Å². The van der Waals surface area contributed by atoms with Gasteiger partial charge < -0.3 is 35.0 Å². The number of benzene rings is 1. The Morgan fingerprint density at radius 1 is 0.700 bits per heavy atom. The van der Waals surface area contributed by atoms with Crippen LogP contribution in [0.2, 0.25) is 0 Å². The van der Waals surface area contributed by atoms with Crippen LogP contribution in [0.15, 0.2) is 23.3 Å². The number of hydrogen-bond acceptors (Lipinski definition) is 7. The van der Waals surface area contributed by atoms with Crippen molar-refractivity contribution in [1.82, 2.24) is 0 Å². The molecule has 0 aromatic heterocycles. The topological polar surface area (TPSA) is 125 Å². The van der Waals surface area contributed by atoms with Crippen LogP contribution in [0.3, 0.4) is 0 Å². The largest absolute Gasteiger partial charge is 0.545 e. The minimum Gasteiger partial charge on any atom is -0.545 e. The maximum atomic E-state index is 11.3. The molecule has 1 unspecified atom stereocenters. The molecule has 7 heteroatoms. The van der Waals surface area contributed by atoms with Crippen LogP contribution in [-0.2, 0) is 22.4 Å². The number of carboxylic acid groups (broad SMARTS) is 2. The van der Waals surface area contributed by atoms with Crippen LogP contribution in [0, 0.1) is 0 Å². The van der Waals surface area contributed by atoms with E-state index in [0.717, 1.165) is 86.8 Å². The van der Waals surface area contributed by atoms with Gasteiger partial charge in [-0.2, -0.15) is 0 Å². The first kappa shape index (κ1) is 37.5. The molecule has 7 nitrogen and oxygen atoms in total. The third-order valence-corrected chi connectivity index (χ3v) is 7.02. The second-order valence-electron chi connectivity index (χ2n) is 10.6. The SMILES string of the molecule is CCCCCCCC/C(C(=O)[O-])=C(\CCCCCCCC)C(=O)[O-].CCc1cc(OC)c(CC(C)N)cc1OC. The summed E-state index contributed by atoms with van der Waals surface area (Å²) in [6.45, 7) is 8.37. The molecule has 0 spiro atoms. The predicted molar refractivity (Wildman–Crippen MR) is 159 cm³/mol. The summed E-state index contributed by atoms with van der Waals surface area (Å²) in [6, 6.07) is 4.18. The molecule has 230 valence electrons. The normalized spacial score (nSPS) is 12.2. The molecule has 0 saturated heterocycles. The van der Waals surface area contributed by atoms with Crippen molar-refractivity contribution in [2.75, 3.05) is 14.2 Å². The highest BCUT2D eigenvalue weighted by Crippen LogP contribution is 2.30. The summed E-state index contributed by atoms with van der Waals surface area (Å²) in [5.74, 6) is -0.892. The Kier molecular flexibility index (Phi) is 21.7. The van der Waals surface area contributed by atoms with E-state index in [1.807, 2.05) is 19.1 Å². The second-order valence-corrected chi connectivity index (χ2v) is 10.6. The number of aliphatic carboxylic acids is 2. The molecule has 0 radical (unpaired) electrons. The first-order chi connectivity index (χ1) is 19.2. The van der Waals surface area contributed by atoms with E-state index in [1.165, 1.54) is 12.8 Å². The van der Waals surface area contributed by atoms with Crippen LogP contribution in [0.4, 0.5) is 0 Å². The molecule has 0 fully saturated rings. The predicted octanol–water partition coefficient (Wildman–Crippen LogP) is 5.44. The lowest BCUT2D eigenvalue weighted by molar-refractivity contribution is -0.304. The number of hydrogen-bond donors (Lipinski definition) is 1. The van der Waals surface area contributed by atoms with Crippen LogP contribution >= 0.6 is 0 Å². The van der Waals surface area contributed by atoms with E-state index in [0.29, 0.717) is 12.8 Å². The minimum atomic E-state index is -1.35. The van der Waals surface area contributed by atoms with Gasteiger partial charge in [0.15, 0.2) is 0 Å². The standard InChI is InChI=1S/C20H36O4.C13H21NO2/c1-3-5-7-9-11-13-15-17(19(21)22)18(20(23)24)16-14-12-10-8-6-4-2;1-5-10-7-13(16-4)11(6-9(2)14)8-12(10)15-3/h3-16H2,1-2H3,(H,21,22)(H,23,24);7-9H,5-6,14H2,1-4H3/p-2/b18-17-;. The van der Waals surface area contributed by atoms with Gasteiger partial charge in [-0.05, 0) is 79.9 Å². The number of methoxy groups -OCH3 is 2. The van der Waals surface area contributed by atoms with Gasteiger partial charge in [0, 0.05) is 6.04 Å². The molecule has 1 aromatic carbocycles. The molecule has 0 aliphatic heterocycles. The molecule has 1 atom stereocenters. The fourth-order valence-corrected chi connectivity index (χ4v) is 4.72. The Hall–Kier alpha value is -2.54. The van der Waals surface area contributed by atoms with Gasteiger partial charge in [0.1, 0.15) is 11.5 Å². The zero-order valence-electron chi connectivity index (χ0n) is 26.1. The molecule has 1 rings (SSSR count). The molecule has 1 aromatic rings. The van der Waals surface area contributed by atoms with Crippen molar-refractivity contribution >= 4 is 11.9 Å². The number of rotatable bonds is 21. The summed E-state index contributed by atoms with van der Waals surface area (Å²) in [5, 5.41) is 22.7. The van der Waals surface area contributed by atoms with E-state index < -0.39 is 11.9 Å². The van der Waals surface area contributed by atoms with Gasteiger partial charge in [-0.25, -0.2) is 0 Å². The molecule has 40 heavy (non-hydrogen) atoms.